The first-order valence-corrected chi connectivity index (χ1v) is 6.79. The highest BCUT2D eigenvalue weighted by Crippen LogP contribution is 2.31. The van der Waals surface area contributed by atoms with E-state index in [1.54, 1.807) is 17.7 Å². The Kier molecular flexibility index (Phi) is 3.39. The lowest BCUT2D eigenvalue weighted by molar-refractivity contribution is 0.0519. The second-order valence-corrected chi connectivity index (χ2v) is 4.88. The van der Waals surface area contributed by atoms with Gasteiger partial charge in [-0.05, 0) is 37.6 Å². The van der Waals surface area contributed by atoms with Crippen molar-refractivity contribution in [2.45, 2.75) is 20.0 Å². The number of benzene rings is 1. The summed E-state index contributed by atoms with van der Waals surface area (Å²) in [7, 11) is 0. The molecule has 0 saturated heterocycles. The Labute approximate surface area is 121 Å². The van der Waals surface area contributed by atoms with Crippen LogP contribution in [0.1, 0.15) is 34.8 Å². The Morgan fingerprint density at radius 1 is 1.52 bits per heavy atom. The number of aliphatic hydroxyl groups is 1. The summed E-state index contributed by atoms with van der Waals surface area (Å²) >= 11 is 0. The predicted molar refractivity (Wildman–Crippen MR) is 74.7 cm³/mol. The first-order valence-electron chi connectivity index (χ1n) is 6.79. The van der Waals surface area contributed by atoms with Crippen LogP contribution in [0, 0.1) is 6.92 Å². The van der Waals surface area contributed by atoms with Gasteiger partial charge in [0.15, 0.2) is 5.69 Å². The zero-order chi connectivity index (χ0) is 15.0. The molecule has 2 heterocycles. The predicted octanol–water partition coefficient (Wildman–Crippen LogP) is 1.78. The number of carbonyl (C=O) groups is 1. The van der Waals surface area contributed by atoms with Gasteiger partial charge in [0.05, 0.1) is 12.3 Å². The van der Waals surface area contributed by atoms with Gasteiger partial charge in [-0.2, -0.15) is 5.10 Å². The first-order chi connectivity index (χ1) is 10.1. The molecule has 1 unspecified atom stereocenters. The lowest BCUT2D eigenvalue weighted by atomic mass is 10.2. The number of fused-ring (bicyclic) bond motifs is 3. The average molecular weight is 288 g/mol. The molecule has 2 aromatic rings. The summed E-state index contributed by atoms with van der Waals surface area (Å²) in [6.45, 7) is 4.09. The molecule has 1 atom stereocenters. The van der Waals surface area contributed by atoms with Crippen molar-refractivity contribution in [2.75, 3.05) is 13.2 Å². The van der Waals surface area contributed by atoms with Crippen molar-refractivity contribution in [1.29, 1.82) is 0 Å². The van der Waals surface area contributed by atoms with Crippen LogP contribution in [-0.4, -0.2) is 34.1 Å². The fourth-order valence-electron chi connectivity index (χ4n) is 2.30. The summed E-state index contributed by atoms with van der Waals surface area (Å²) in [5.74, 6) is 0.123. The number of carbonyl (C=O) groups excluding carboxylic acids is 1. The lowest BCUT2D eigenvalue weighted by Crippen LogP contribution is -2.09. The quantitative estimate of drug-likeness (QED) is 0.853. The molecule has 3 rings (SSSR count). The van der Waals surface area contributed by atoms with Gasteiger partial charge in [0.25, 0.3) is 0 Å². The number of hydrogen-bond donors (Lipinski definition) is 1. The number of esters is 1. The Balaban J connectivity index is 2.14. The van der Waals surface area contributed by atoms with Gasteiger partial charge in [0.2, 0.25) is 0 Å². The van der Waals surface area contributed by atoms with Crippen molar-refractivity contribution >= 4 is 5.97 Å². The number of rotatable bonds is 2. The second kappa shape index (κ2) is 5.21. The van der Waals surface area contributed by atoms with Crippen LogP contribution < -0.4 is 4.74 Å². The molecule has 1 aliphatic heterocycles. The fraction of sp³-hybridized carbons (Fsp3) is 0.333. The lowest BCUT2D eigenvalue weighted by Gasteiger charge is -2.08. The maximum Gasteiger partial charge on any atom is 0.358 e. The Morgan fingerprint density at radius 2 is 2.33 bits per heavy atom. The van der Waals surface area contributed by atoms with E-state index in [-0.39, 0.29) is 18.9 Å². The molecule has 1 aromatic carbocycles. The fourth-order valence-corrected chi connectivity index (χ4v) is 2.30. The molecule has 1 aliphatic rings. The molecule has 0 fully saturated rings. The third kappa shape index (κ3) is 2.38. The van der Waals surface area contributed by atoms with Gasteiger partial charge in [-0.1, -0.05) is 6.07 Å². The van der Waals surface area contributed by atoms with E-state index < -0.39 is 12.1 Å². The molecule has 6 heteroatoms. The molecule has 1 N–H and O–H groups in total. The van der Waals surface area contributed by atoms with E-state index >= 15 is 0 Å². The molecular weight excluding hydrogens is 272 g/mol. The maximum absolute atomic E-state index is 11.8. The van der Waals surface area contributed by atoms with Gasteiger partial charge in [-0.25, -0.2) is 9.48 Å². The number of ether oxygens (including phenoxy) is 2. The molecule has 21 heavy (non-hydrogen) atoms. The second-order valence-electron chi connectivity index (χ2n) is 4.88. The van der Waals surface area contributed by atoms with Crippen molar-refractivity contribution in [3.63, 3.8) is 0 Å². The van der Waals surface area contributed by atoms with Crippen LogP contribution in [0.4, 0.5) is 0 Å². The molecule has 0 aliphatic carbocycles. The Morgan fingerprint density at radius 3 is 3.10 bits per heavy atom. The van der Waals surface area contributed by atoms with Crippen LogP contribution >= 0.6 is 0 Å². The molecular formula is C15H16N2O4. The summed E-state index contributed by atoms with van der Waals surface area (Å²) in [5, 5.41) is 14.4. The molecule has 1 aromatic heterocycles. The minimum absolute atomic E-state index is 0.115. The van der Waals surface area contributed by atoms with E-state index in [1.165, 1.54) is 0 Å². The highest BCUT2D eigenvalue weighted by Gasteiger charge is 2.26. The molecule has 0 amide bonds. The van der Waals surface area contributed by atoms with E-state index in [0.717, 1.165) is 5.56 Å². The normalized spacial score (nSPS) is 16.4. The van der Waals surface area contributed by atoms with Crippen molar-refractivity contribution in [3.8, 4) is 11.4 Å². The molecule has 6 nitrogen and oxygen atoms in total. The molecule has 0 saturated carbocycles. The number of hydrogen-bond acceptors (Lipinski definition) is 5. The maximum atomic E-state index is 11.8. The third-order valence-electron chi connectivity index (χ3n) is 3.30. The Hall–Kier alpha value is -2.34. The van der Waals surface area contributed by atoms with E-state index in [4.69, 9.17) is 9.47 Å². The van der Waals surface area contributed by atoms with Crippen LogP contribution in [0.15, 0.2) is 24.3 Å². The standard InChI is InChI=1S/C15H16N2O4/c1-3-20-15(19)10-7-11-13(18)8-21-14-5-4-9(2)6-12(14)17(11)16-10/h4-7,13,18H,3,8H2,1-2H3. The largest absolute Gasteiger partial charge is 0.488 e. The molecule has 0 radical (unpaired) electrons. The number of aryl methyl sites for hydroxylation is 1. The molecule has 0 spiro atoms. The van der Waals surface area contributed by atoms with Crippen molar-refractivity contribution < 1.29 is 19.4 Å². The van der Waals surface area contributed by atoms with Crippen molar-refractivity contribution in [2.24, 2.45) is 0 Å². The van der Waals surface area contributed by atoms with Crippen molar-refractivity contribution in [3.05, 3.63) is 41.2 Å². The van der Waals surface area contributed by atoms with Crippen LogP contribution in [0.3, 0.4) is 0 Å². The number of nitrogens with zero attached hydrogens (tertiary/aromatic N) is 2. The van der Waals surface area contributed by atoms with Crippen LogP contribution in [0.5, 0.6) is 5.75 Å². The first kappa shape index (κ1) is 13.6. The van der Waals surface area contributed by atoms with Gasteiger partial charge >= 0.3 is 5.97 Å². The summed E-state index contributed by atoms with van der Waals surface area (Å²) in [6, 6.07) is 7.20. The van der Waals surface area contributed by atoms with Crippen LogP contribution in [0.2, 0.25) is 0 Å². The van der Waals surface area contributed by atoms with E-state index in [1.807, 2.05) is 25.1 Å². The van der Waals surface area contributed by atoms with Gasteiger partial charge < -0.3 is 14.6 Å². The summed E-state index contributed by atoms with van der Waals surface area (Å²) < 4.78 is 12.1. The third-order valence-corrected chi connectivity index (χ3v) is 3.30. The highest BCUT2D eigenvalue weighted by molar-refractivity contribution is 5.87. The molecule has 110 valence electrons. The van der Waals surface area contributed by atoms with E-state index in [9.17, 15) is 9.90 Å². The summed E-state index contributed by atoms with van der Waals surface area (Å²) in [5.41, 5.74) is 2.44. The number of aromatic nitrogens is 2. The monoisotopic (exact) mass is 288 g/mol. The highest BCUT2D eigenvalue weighted by atomic mass is 16.5. The smallest absolute Gasteiger partial charge is 0.358 e. The van der Waals surface area contributed by atoms with Gasteiger partial charge in [-0.3, -0.25) is 0 Å². The van der Waals surface area contributed by atoms with E-state index in [2.05, 4.69) is 5.10 Å². The van der Waals surface area contributed by atoms with Gasteiger partial charge in [0.1, 0.15) is 24.1 Å². The number of aliphatic hydroxyl groups excluding tert-OH is 1. The van der Waals surface area contributed by atoms with Crippen molar-refractivity contribution in [1.82, 2.24) is 9.78 Å². The molecule has 0 bridgehead atoms. The van der Waals surface area contributed by atoms with Crippen LogP contribution in [-0.2, 0) is 4.74 Å². The Bertz CT molecular complexity index is 693. The van der Waals surface area contributed by atoms with E-state index in [0.29, 0.717) is 17.1 Å². The van der Waals surface area contributed by atoms with Gasteiger partial charge in [0, 0.05) is 0 Å². The summed E-state index contributed by atoms with van der Waals surface area (Å²) in [4.78, 5) is 11.8. The topological polar surface area (TPSA) is 73.6 Å². The van der Waals surface area contributed by atoms with Gasteiger partial charge in [-0.15, -0.1) is 0 Å². The zero-order valence-corrected chi connectivity index (χ0v) is 11.9. The van der Waals surface area contributed by atoms with Crippen LogP contribution in [0.25, 0.3) is 5.69 Å². The average Bonchev–Trinajstić information content (AvgIpc) is 2.86. The minimum atomic E-state index is -0.853. The minimum Gasteiger partial charge on any atom is -0.488 e. The SMILES string of the molecule is CCOC(=O)c1cc2n(n1)-c1cc(C)ccc1OCC2O. The summed E-state index contributed by atoms with van der Waals surface area (Å²) in [6.07, 6.45) is -0.853. The zero-order valence-electron chi connectivity index (χ0n) is 11.9.